The van der Waals surface area contributed by atoms with Crippen molar-refractivity contribution in [2.75, 3.05) is 17.5 Å². The van der Waals surface area contributed by atoms with Crippen LogP contribution in [0.2, 0.25) is 0 Å². The lowest BCUT2D eigenvalue weighted by atomic mass is 10.0. The van der Waals surface area contributed by atoms with Gasteiger partial charge in [0.05, 0.1) is 24.3 Å². The summed E-state index contributed by atoms with van der Waals surface area (Å²) in [6.45, 7) is 7.83. The molecule has 59 heavy (non-hydrogen) atoms. The van der Waals surface area contributed by atoms with Crippen molar-refractivity contribution in [2.45, 2.75) is 100 Å². The summed E-state index contributed by atoms with van der Waals surface area (Å²) in [6, 6.07) is 10.6. The van der Waals surface area contributed by atoms with Gasteiger partial charge in [-0.3, -0.25) is 28.8 Å². The molecule has 2 aromatic rings. The smallest absolute Gasteiger partial charge is 0.410 e. The van der Waals surface area contributed by atoms with E-state index in [0.29, 0.717) is 28.4 Å². The van der Waals surface area contributed by atoms with Crippen LogP contribution in [0.25, 0.3) is 0 Å². The predicted octanol–water partition coefficient (Wildman–Crippen LogP) is 3.15. The Morgan fingerprint density at radius 3 is 2.37 bits per heavy atom. The van der Waals surface area contributed by atoms with Crippen molar-refractivity contribution in [3.8, 4) is 0 Å². The van der Waals surface area contributed by atoms with Crippen LogP contribution in [-0.4, -0.2) is 106 Å². The van der Waals surface area contributed by atoms with Gasteiger partial charge in [-0.2, -0.15) is 0 Å². The van der Waals surface area contributed by atoms with E-state index in [1.54, 1.807) is 51.1 Å². The minimum Gasteiger partial charge on any atom is -0.444 e. The van der Waals surface area contributed by atoms with Gasteiger partial charge in [0.2, 0.25) is 27.7 Å². The maximum absolute atomic E-state index is 14.6. The van der Waals surface area contributed by atoms with Crippen molar-refractivity contribution in [1.29, 1.82) is 0 Å². The SMILES string of the molecule is C=C[C@@H]1C[C@]1(NC(=O)[C@@H]1C[C@@H](OC(=O)N2Cc3cccc(F)c3C2)CN1C(=O)[C@H](CNC(=O)C(CI)c1ccccc1)NC(=O)OC(C)(C)C)C(=O)NS(=O)(=O)C1CC1. The van der Waals surface area contributed by atoms with Gasteiger partial charge in [0, 0.05) is 35.4 Å². The lowest BCUT2D eigenvalue weighted by molar-refractivity contribution is -0.141. The van der Waals surface area contributed by atoms with Crippen molar-refractivity contribution in [3.63, 3.8) is 0 Å². The Morgan fingerprint density at radius 2 is 1.76 bits per heavy atom. The third-order valence-corrected chi connectivity index (χ3v) is 13.4. The molecule has 1 unspecified atom stereocenters. The monoisotopic (exact) mass is 950 g/mol. The van der Waals surface area contributed by atoms with Crippen molar-refractivity contribution in [1.82, 2.24) is 30.5 Å². The van der Waals surface area contributed by atoms with Crippen LogP contribution in [0.4, 0.5) is 14.0 Å². The molecule has 0 radical (unpaired) electrons. The number of sulfonamides is 1. The van der Waals surface area contributed by atoms with Crippen LogP contribution < -0.4 is 20.7 Å². The first-order valence-corrected chi connectivity index (χ1v) is 22.3. The van der Waals surface area contributed by atoms with Gasteiger partial charge in [-0.05, 0) is 57.2 Å². The second-order valence-corrected chi connectivity index (χ2v) is 19.1. The van der Waals surface area contributed by atoms with E-state index >= 15 is 0 Å². The van der Waals surface area contributed by atoms with Crippen LogP contribution in [0.15, 0.2) is 61.2 Å². The molecule has 1 saturated heterocycles. The summed E-state index contributed by atoms with van der Waals surface area (Å²) in [6.07, 6.45) is -0.909. The summed E-state index contributed by atoms with van der Waals surface area (Å²) in [4.78, 5) is 84.9. The van der Waals surface area contributed by atoms with E-state index in [1.165, 1.54) is 23.1 Å². The molecule has 0 aromatic heterocycles. The van der Waals surface area contributed by atoms with Crippen molar-refractivity contribution < 1.29 is 51.0 Å². The van der Waals surface area contributed by atoms with Crippen LogP contribution in [0.1, 0.15) is 69.1 Å². The number of likely N-dealkylation sites (tertiary alicyclic amines) is 1. The van der Waals surface area contributed by atoms with E-state index in [1.807, 2.05) is 6.07 Å². The van der Waals surface area contributed by atoms with Gasteiger partial charge < -0.3 is 30.3 Å². The number of fused-ring (bicyclic) bond motifs is 1. The molecule has 318 valence electrons. The van der Waals surface area contributed by atoms with Crippen LogP contribution in [0, 0.1) is 11.7 Å². The number of nitrogens with one attached hydrogen (secondary N) is 4. The van der Waals surface area contributed by atoms with E-state index in [9.17, 15) is 41.6 Å². The Bertz CT molecular complexity index is 2120. The number of nitrogens with zero attached hydrogens (tertiary/aromatic N) is 2. The number of benzene rings is 2. The number of alkyl halides is 1. The van der Waals surface area contributed by atoms with Crippen LogP contribution in [-0.2, 0) is 51.8 Å². The van der Waals surface area contributed by atoms with Gasteiger partial charge in [0.15, 0.2) is 0 Å². The molecule has 16 nitrogen and oxygen atoms in total. The molecular weight excluding hydrogens is 902 g/mol. The van der Waals surface area contributed by atoms with Crippen molar-refractivity contribution >= 4 is 68.4 Å². The van der Waals surface area contributed by atoms with Gasteiger partial charge in [0.25, 0.3) is 5.91 Å². The number of carbonyl (C=O) groups is 6. The Kier molecular flexibility index (Phi) is 12.9. The molecule has 2 saturated carbocycles. The topological polar surface area (TPSA) is 210 Å². The van der Waals surface area contributed by atoms with Crippen LogP contribution in [0.5, 0.6) is 0 Å². The fourth-order valence-electron chi connectivity index (χ4n) is 7.29. The highest BCUT2D eigenvalue weighted by molar-refractivity contribution is 14.1. The van der Waals surface area contributed by atoms with Crippen LogP contribution in [0.3, 0.4) is 0 Å². The number of halogens is 2. The largest absolute Gasteiger partial charge is 0.444 e. The molecule has 2 aliphatic heterocycles. The molecule has 2 aromatic carbocycles. The zero-order valence-electron chi connectivity index (χ0n) is 32.9. The Balaban J connectivity index is 1.25. The zero-order chi connectivity index (χ0) is 42.9. The summed E-state index contributed by atoms with van der Waals surface area (Å²) >= 11 is 2.08. The zero-order valence-corrected chi connectivity index (χ0v) is 35.8. The first-order chi connectivity index (χ1) is 27.9. The van der Waals surface area contributed by atoms with Gasteiger partial charge in [-0.15, -0.1) is 6.58 Å². The molecule has 6 rings (SSSR count). The molecule has 2 heterocycles. The average molecular weight is 951 g/mol. The highest BCUT2D eigenvalue weighted by Crippen LogP contribution is 2.45. The third-order valence-electron chi connectivity index (χ3n) is 10.7. The Labute approximate surface area is 355 Å². The highest BCUT2D eigenvalue weighted by atomic mass is 127. The molecule has 19 heteroatoms. The van der Waals surface area contributed by atoms with Crippen molar-refractivity contribution in [2.24, 2.45) is 5.92 Å². The molecule has 0 spiro atoms. The number of amides is 6. The van der Waals surface area contributed by atoms with Gasteiger partial charge in [0.1, 0.15) is 35.1 Å². The van der Waals surface area contributed by atoms with E-state index < -0.39 is 105 Å². The van der Waals surface area contributed by atoms with E-state index in [2.05, 4.69) is 49.8 Å². The fourth-order valence-corrected chi connectivity index (χ4v) is 9.57. The maximum atomic E-state index is 14.6. The van der Waals surface area contributed by atoms with E-state index in [0.717, 1.165) is 10.5 Å². The standard InChI is InChI=1S/C40H48FIN6O10S/c1-5-25-17-40(25,36(52)46-59(55,56)27-14-15-27)45-34(50)32-16-26(57-38(54)47-20-24-12-9-13-30(41)29(24)22-47)21-48(32)35(51)31(44-37(53)58-39(2,3)4)19-43-33(49)28(18-42)23-10-7-6-8-11-23/h5-13,25-28,31-32H,1,14-22H2,2-4H3,(H,43,49)(H,44,53)(H,45,50)(H,46,52)/t25-,26-,28?,31+,32+,40-/m1/s1. The minimum atomic E-state index is -3.99. The summed E-state index contributed by atoms with van der Waals surface area (Å²) in [5.74, 6) is -4.79. The molecule has 6 atom stereocenters. The number of hydrogen-bond acceptors (Lipinski definition) is 10. The lowest BCUT2D eigenvalue weighted by Gasteiger charge is -2.30. The number of alkyl carbamates (subject to hydrolysis) is 1. The van der Waals surface area contributed by atoms with E-state index in [4.69, 9.17) is 9.47 Å². The molecule has 4 N–H and O–H groups in total. The molecule has 0 bridgehead atoms. The molecular formula is C40H48FIN6O10S. The normalized spacial score (nSPS) is 23.2. The number of rotatable bonds is 14. The van der Waals surface area contributed by atoms with Gasteiger partial charge >= 0.3 is 12.2 Å². The first kappa shape index (κ1) is 43.8. The third kappa shape index (κ3) is 10.2. The average Bonchev–Trinajstić information content (AvgIpc) is 4.07. The van der Waals surface area contributed by atoms with Crippen LogP contribution >= 0.6 is 22.6 Å². The number of ether oxygens (including phenoxy) is 2. The first-order valence-electron chi connectivity index (χ1n) is 19.3. The van der Waals surface area contributed by atoms with Gasteiger partial charge in [-0.25, -0.2) is 22.4 Å². The molecule has 6 amide bonds. The summed E-state index contributed by atoms with van der Waals surface area (Å²) in [7, 11) is -3.99. The molecule has 2 aliphatic carbocycles. The fraction of sp³-hybridized carbons (Fsp3) is 0.500. The molecule has 4 aliphatic rings. The minimum absolute atomic E-state index is 0.0354. The summed E-state index contributed by atoms with van der Waals surface area (Å²) in [5.41, 5.74) is -0.987. The van der Waals surface area contributed by atoms with Crippen molar-refractivity contribution in [3.05, 3.63) is 83.7 Å². The second-order valence-electron chi connectivity index (χ2n) is 16.2. The highest BCUT2D eigenvalue weighted by Gasteiger charge is 2.62. The lowest BCUT2D eigenvalue weighted by Crippen LogP contribution is -2.60. The van der Waals surface area contributed by atoms with Gasteiger partial charge in [-0.1, -0.05) is 71.1 Å². The van der Waals surface area contributed by atoms with E-state index in [-0.39, 0.29) is 32.5 Å². The Hall–Kier alpha value is -4.79. The number of carbonyl (C=O) groups excluding carboxylic acids is 6. The quantitative estimate of drug-likeness (QED) is 0.124. The predicted molar refractivity (Wildman–Crippen MR) is 220 cm³/mol. The number of hydrogen-bond donors (Lipinski definition) is 4. The Morgan fingerprint density at radius 1 is 1.05 bits per heavy atom. The summed E-state index contributed by atoms with van der Waals surface area (Å²) in [5, 5.41) is 7.22. The second kappa shape index (κ2) is 17.4. The maximum Gasteiger partial charge on any atom is 0.410 e. The molecule has 3 fully saturated rings. The summed E-state index contributed by atoms with van der Waals surface area (Å²) < 4.78 is 53.7.